The van der Waals surface area contributed by atoms with E-state index in [-0.39, 0.29) is 24.2 Å². The number of carbonyl (C=O) groups excluding carboxylic acids is 2. The fourth-order valence-corrected chi connectivity index (χ4v) is 4.13. The zero-order valence-electron chi connectivity index (χ0n) is 17.5. The smallest absolute Gasteiger partial charge is 0.225 e. The summed E-state index contributed by atoms with van der Waals surface area (Å²) in [5, 5.41) is 3.02. The van der Waals surface area contributed by atoms with Crippen molar-refractivity contribution in [3.8, 4) is 0 Å². The lowest BCUT2D eigenvalue weighted by molar-refractivity contribution is -0.129. The molecule has 2 saturated heterocycles. The number of rotatable bonds is 7. The molecule has 160 valence electrons. The second-order valence-corrected chi connectivity index (χ2v) is 8.37. The summed E-state index contributed by atoms with van der Waals surface area (Å²) in [5.74, 6) is 0.373. The summed E-state index contributed by atoms with van der Waals surface area (Å²) in [7, 11) is 2.16. The molecule has 2 amide bonds. The van der Waals surface area contributed by atoms with Crippen LogP contribution in [0.4, 0.5) is 0 Å². The van der Waals surface area contributed by atoms with E-state index in [4.69, 9.17) is 4.42 Å². The van der Waals surface area contributed by atoms with E-state index in [1.807, 2.05) is 12.1 Å². The molecule has 1 N–H and O–H groups in total. The van der Waals surface area contributed by atoms with Crippen molar-refractivity contribution in [1.29, 1.82) is 0 Å². The summed E-state index contributed by atoms with van der Waals surface area (Å²) in [4.78, 5) is 31.4. The first-order valence-corrected chi connectivity index (χ1v) is 10.6. The van der Waals surface area contributed by atoms with Crippen LogP contribution in [0.5, 0.6) is 0 Å². The molecule has 2 aliphatic heterocycles. The monoisotopic (exact) mass is 410 g/mol. The molecule has 0 spiro atoms. The topological polar surface area (TPSA) is 69.0 Å². The minimum Gasteiger partial charge on any atom is -0.467 e. The average molecular weight is 411 g/mol. The van der Waals surface area contributed by atoms with Crippen molar-refractivity contribution in [2.75, 3.05) is 39.8 Å². The van der Waals surface area contributed by atoms with E-state index < -0.39 is 0 Å². The molecule has 2 fully saturated rings. The van der Waals surface area contributed by atoms with Gasteiger partial charge in [-0.05, 0) is 30.3 Å². The predicted octanol–water partition coefficient (Wildman–Crippen LogP) is 1.69. The lowest BCUT2D eigenvalue weighted by Gasteiger charge is -2.32. The Labute approximate surface area is 177 Å². The van der Waals surface area contributed by atoms with Crippen LogP contribution >= 0.6 is 0 Å². The van der Waals surface area contributed by atoms with Crippen LogP contribution in [-0.4, -0.2) is 66.3 Å². The summed E-state index contributed by atoms with van der Waals surface area (Å²) in [6.45, 7) is 6.66. The Morgan fingerprint density at radius 1 is 1.10 bits per heavy atom. The Morgan fingerprint density at radius 3 is 2.67 bits per heavy atom. The van der Waals surface area contributed by atoms with Gasteiger partial charge in [0, 0.05) is 52.2 Å². The van der Waals surface area contributed by atoms with E-state index in [1.54, 1.807) is 17.2 Å². The molecule has 1 atom stereocenters. The molecule has 2 aliphatic rings. The van der Waals surface area contributed by atoms with Gasteiger partial charge in [-0.2, -0.15) is 0 Å². The SMILES string of the molecule is CN1CCN(Cc2cccc(CNC(=O)C3CC(=O)N(Cc4ccco4)C3)c2)CC1. The molecule has 1 aromatic carbocycles. The lowest BCUT2D eigenvalue weighted by Crippen LogP contribution is -2.43. The van der Waals surface area contributed by atoms with Gasteiger partial charge in [-0.15, -0.1) is 0 Å². The van der Waals surface area contributed by atoms with Gasteiger partial charge in [-0.1, -0.05) is 24.3 Å². The fraction of sp³-hybridized carbons (Fsp3) is 0.478. The van der Waals surface area contributed by atoms with Crippen LogP contribution in [0.2, 0.25) is 0 Å². The van der Waals surface area contributed by atoms with Crippen molar-refractivity contribution in [3.63, 3.8) is 0 Å². The zero-order chi connectivity index (χ0) is 20.9. The van der Waals surface area contributed by atoms with Crippen LogP contribution in [0, 0.1) is 5.92 Å². The van der Waals surface area contributed by atoms with Crippen LogP contribution in [-0.2, 0) is 29.2 Å². The zero-order valence-corrected chi connectivity index (χ0v) is 17.5. The summed E-state index contributed by atoms with van der Waals surface area (Å²) in [6.07, 6.45) is 1.86. The van der Waals surface area contributed by atoms with Gasteiger partial charge in [0.2, 0.25) is 11.8 Å². The quantitative estimate of drug-likeness (QED) is 0.752. The Balaban J connectivity index is 1.26. The largest absolute Gasteiger partial charge is 0.467 e. The van der Waals surface area contributed by atoms with Gasteiger partial charge in [0.05, 0.1) is 18.7 Å². The number of nitrogens with one attached hydrogen (secondary N) is 1. The highest BCUT2D eigenvalue weighted by Gasteiger charge is 2.34. The van der Waals surface area contributed by atoms with Crippen LogP contribution in [0.15, 0.2) is 47.1 Å². The summed E-state index contributed by atoms with van der Waals surface area (Å²) < 4.78 is 5.32. The molecule has 1 aromatic heterocycles. The highest BCUT2D eigenvalue weighted by molar-refractivity contribution is 5.89. The van der Waals surface area contributed by atoms with Gasteiger partial charge >= 0.3 is 0 Å². The van der Waals surface area contributed by atoms with E-state index >= 15 is 0 Å². The second-order valence-electron chi connectivity index (χ2n) is 8.37. The molecule has 7 heteroatoms. The third-order valence-electron chi connectivity index (χ3n) is 5.97. The summed E-state index contributed by atoms with van der Waals surface area (Å²) in [5.41, 5.74) is 2.36. The second kappa shape index (κ2) is 9.45. The number of nitrogens with zero attached hydrogens (tertiary/aromatic N) is 3. The van der Waals surface area contributed by atoms with Gasteiger partial charge in [0.25, 0.3) is 0 Å². The molecule has 2 aromatic rings. The Bertz CT molecular complexity index is 859. The number of piperazine rings is 1. The Morgan fingerprint density at radius 2 is 1.90 bits per heavy atom. The number of likely N-dealkylation sites (N-methyl/N-ethyl adjacent to an activating group) is 1. The first kappa shape index (κ1) is 20.6. The predicted molar refractivity (Wildman–Crippen MR) is 113 cm³/mol. The maximum Gasteiger partial charge on any atom is 0.225 e. The standard InChI is InChI=1S/C23H30N4O3/c1-25-7-9-26(10-8-25)15-19-5-2-4-18(12-19)14-24-23(29)20-13-22(28)27(16-20)17-21-6-3-11-30-21/h2-6,11-12,20H,7-10,13-17H2,1H3,(H,24,29). The van der Waals surface area contributed by atoms with E-state index in [9.17, 15) is 9.59 Å². The van der Waals surface area contributed by atoms with Gasteiger partial charge in [0.1, 0.15) is 5.76 Å². The third kappa shape index (κ3) is 5.29. The van der Waals surface area contributed by atoms with E-state index in [2.05, 4.69) is 40.4 Å². The lowest BCUT2D eigenvalue weighted by atomic mass is 10.1. The van der Waals surface area contributed by atoms with E-state index in [1.165, 1.54) is 5.56 Å². The maximum atomic E-state index is 12.6. The van der Waals surface area contributed by atoms with Crippen LogP contribution < -0.4 is 5.32 Å². The molecule has 3 heterocycles. The van der Waals surface area contributed by atoms with E-state index in [0.29, 0.717) is 19.6 Å². The van der Waals surface area contributed by atoms with Crippen molar-refractivity contribution in [3.05, 3.63) is 59.5 Å². The van der Waals surface area contributed by atoms with E-state index in [0.717, 1.165) is 44.0 Å². The summed E-state index contributed by atoms with van der Waals surface area (Å²) in [6, 6.07) is 12.1. The number of benzene rings is 1. The molecule has 4 rings (SSSR count). The minimum absolute atomic E-state index is 0.000670. The van der Waals surface area contributed by atoms with Gasteiger partial charge < -0.3 is 19.5 Å². The van der Waals surface area contributed by atoms with Gasteiger partial charge in [-0.3, -0.25) is 14.5 Å². The summed E-state index contributed by atoms with van der Waals surface area (Å²) >= 11 is 0. The average Bonchev–Trinajstić information content (AvgIpc) is 3.39. The Kier molecular flexibility index (Phi) is 6.50. The number of likely N-dealkylation sites (tertiary alicyclic amines) is 1. The molecule has 0 bridgehead atoms. The van der Waals surface area contributed by atoms with Crippen LogP contribution in [0.3, 0.4) is 0 Å². The van der Waals surface area contributed by atoms with Gasteiger partial charge in [-0.25, -0.2) is 0 Å². The Hall–Kier alpha value is -2.64. The molecule has 7 nitrogen and oxygen atoms in total. The van der Waals surface area contributed by atoms with Crippen molar-refractivity contribution in [2.24, 2.45) is 5.92 Å². The van der Waals surface area contributed by atoms with Crippen molar-refractivity contribution < 1.29 is 14.0 Å². The van der Waals surface area contributed by atoms with Crippen LogP contribution in [0.1, 0.15) is 23.3 Å². The highest BCUT2D eigenvalue weighted by atomic mass is 16.3. The van der Waals surface area contributed by atoms with Crippen molar-refractivity contribution >= 4 is 11.8 Å². The molecule has 0 radical (unpaired) electrons. The molecular weight excluding hydrogens is 380 g/mol. The molecule has 0 aliphatic carbocycles. The number of carbonyl (C=O) groups is 2. The van der Waals surface area contributed by atoms with Crippen molar-refractivity contribution in [2.45, 2.75) is 26.1 Å². The first-order valence-electron chi connectivity index (χ1n) is 10.6. The highest BCUT2D eigenvalue weighted by Crippen LogP contribution is 2.21. The number of amides is 2. The molecule has 1 unspecified atom stereocenters. The number of hydrogen-bond donors (Lipinski definition) is 1. The molecule has 30 heavy (non-hydrogen) atoms. The number of hydrogen-bond acceptors (Lipinski definition) is 5. The normalized spacial score (nSPS) is 20.6. The molecular formula is C23H30N4O3. The van der Waals surface area contributed by atoms with Crippen LogP contribution in [0.25, 0.3) is 0 Å². The third-order valence-corrected chi connectivity index (χ3v) is 5.97. The minimum atomic E-state index is -0.305. The maximum absolute atomic E-state index is 12.6. The van der Waals surface area contributed by atoms with Crippen molar-refractivity contribution in [1.82, 2.24) is 20.0 Å². The fourth-order valence-electron chi connectivity index (χ4n) is 4.13. The number of furan rings is 1. The first-order chi connectivity index (χ1) is 14.6. The molecule has 0 saturated carbocycles. The van der Waals surface area contributed by atoms with Gasteiger partial charge in [0.15, 0.2) is 0 Å².